The van der Waals surface area contributed by atoms with Gasteiger partial charge in [0.2, 0.25) is 0 Å². The second-order valence-corrected chi connectivity index (χ2v) is 5.11. The Labute approximate surface area is 121 Å². The largest absolute Gasteiger partial charge is 0.398 e. The summed E-state index contributed by atoms with van der Waals surface area (Å²) in [4.78, 5) is 11.5. The lowest BCUT2D eigenvalue weighted by Gasteiger charge is -2.06. The number of nitrogen functional groups attached to an aromatic ring is 1. The molecule has 0 amide bonds. The van der Waals surface area contributed by atoms with Gasteiger partial charge >= 0.3 is 0 Å². The molecule has 0 aliphatic heterocycles. The number of benzene rings is 2. The Morgan fingerprint density at radius 1 is 1.05 bits per heavy atom. The smallest absolute Gasteiger partial charge is 0.282 e. The molecule has 0 unspecified atom stereocenters. The van der Waals surface area contributed by atoms with E-state index >= 15 is 0 Å². The molecule has 98 valence electrons. The van der Waals surface area contributed by atoms with Crippen LogP contribution in [0.3, 0.4) is 0 Å². The van der Waals surface area contributed by atoms with Crippen LogP contribution < -0.4 is 5.73 Å². The molecule has 0 aromatic heterocycles. The maximum atomic E-state index is 10.9. The first kappa shape index (κ1) is 13.8. The summed E-state index contributed by atoms with van der Waals surface area (Å²) in [6.45, 7) is 0. The van der Waals surface area contributed by atoms with Crippen LogP contribution in [0.4, 0.5) is 11.4 Å². The van der Waals surface area contributed by atoms with Crippen LogP contribution in [0, 0.1) is 10.1 Å². The van der Waals surface area contributed by atoms with Gasteiger partial charge in [0, 0.05) is 16.6 Å². The molecule has 6 heteroatoms. The zero-order chi connectivity index (χ0) is 14.0. The molecule has 0 atom stereocenters. The van der Waals surface area contributed by atoms with Gasteiger partial charge in [0.25, 0.3) is 5.69 Å². The number of nitro groups is 1. The first-order valence-electron chi connectivity index (χ1n) is 5.51. The van der Waals surface area contributed by atoms with E-state index in [0.717, 1.165) is 16.0 Å². The van der Waals surface area contributed by atoms with Crippen molar-refractivity contribution in [3.05, 3.63) is 57.6 Å². The van der Waals surface area contributed by atoms with E-state index in [9.17, 15) is 10.1 Å². The van der Waals surface area contributed by atoms with E-state index in [0.29, 0.717) is 17.0 Å². The van der Waals surface area contributed by atoms with Crippen molar-refractivity contribution in [2.45, 2.75) is 16.2 Å². The van der Waals surface area contributed by atoms with Crippen molar-refractivity contribution in [1.29, 1.82) is 0 Å². The molecule has 0 radical (unpaired) electrons. The minimum absolute atomic E-state index is 0.0135. The van der Waals surface area contributed by atoms with Gasteiger partial charge in [-0.05, 0) is 35.7 Å². The number of hydrogen-bond donors (Lipinski definition) is 3. The maximum Gasteiger partial charge on any atom is 0.282 e. The molecule has 0 spiro atoms. The lowest BCUT2D eigenvalue weighted by Crippen LogP contribution is -1.95. The summed E-state index contributed by atoms with van der Waals surface area (Å²) in [5.41, 5.74) is 8.22. The van der Waals surface area contributed by atoms with Gasteiger partial charge in [-0.2, -0.15) is 0 Å². The van der Waals surface area contributed by atoms with Crippen LogP contribution >= 0.6 is 25.3 Å². The number of rotatable bonds is 3. The summed E-state index contributed by atoms with van der Waals surface area (Å²) >= 11 is 8.27. The van der Waals surface area contributed by atoms with Gasteiger partial charge in [-0.25, -0.2) is 0 Å². The molecule has 2 aromatic carbocycles. The van der Waals surface area contributed by atoms with Crippen molar-refractivity contribution in [2.24, 2.45) is 0 Å². The summed E-state index contributed by atoms with van der Waals surface area (Å²) in [6.07, 6.45) is 0.577. The van der Waals surface area contributed by atoms with E-state index in [1.807, 2.05) is 24.3 Å². The van der Waals surface area contributed by atoms with Crippen LogP contribution in [-0.4, -0.2) is 4.92 Å². The summed E-state index contributed by atoms with van der Waals surface area (Å²) in [5.74, 6) is 0. The Bertz CT molecular complexity index is 645. The van der Waals surface area contributed by atoms with E-state index in [4.69, 9.17) is 5.73 Å². The Kier molecular flexibility index (Phi) is 4.01. The minimum atomic E-state index is -0.434. The molecule has 0 saturated heterocycles. The van der Waals surface area contributed by atoms with E-state index in [-0.39, 0.29) is 5.69 Å². The summed E-state index contributed by atoms with van der Waals surface area (Å²) in [7, 11) is 0. The fraction of sp³-hybridized carbons (Fsp3) is 0.0769. The van der Waals surface area contributed by atoms with Crippen molar-refractivity contribution < 1.29 is 4.92 Å². The van der Waals surface area contributed by atoms with E-state index < -0.39 is 4.92 Å². The first-order valence-corrected chi connectivity index (χ1v) is 6.40. The zero-order valence-corrected chi connectivity index (χ0v) is 11.7. The molecule has 2 rings (SSSR count). The second kappa shape index (κ2) is 5.54. The van der Waals surface area contributed by atoms with Crippen LogP contribution in [0.2, 0.25) is 0 Å². The molecule has 0 heterocycles. The molecule has 0 aliphatic carbocycles. The van der Waals surface area contributed by atoms with Gasteiger partial charge in [0.15, 0.2) is 0 Å². The quantitative estimate of drug-likeness (QED) is 0.352. The lowest BCUT2D eigenvalue weighted by atomic mass is 10.0. The maximum absolute atomic E-state index is 10.9. The minimum Gasteiger partial charge on any atom is -0.398 e. The number of hydrogen-bond acceptors (Lipinski definition) is 5. The van der Waals surface area contributed by atoms with Gasteiger partial charge in [-0.3, -0.25) is 10.1 Å². The molecule has 0 saturated carbocycles. The summed E-state index contributed by atoms with van der Waals surface area (Å²) in [5, 5.41) is 10.9. The third kappa shape index (κ3) is 3.21. The van der Waals surface area contributed by atoms with Crippen molar-refractivity contribution >= 4 is 36.6 Å². The Hall–Kier alpha value is -1.66. The van der Waals surface area contributed by atoms with Crippen molar-refractivity contribution in [2.75, 3.05) is 5.73 Å². The molecule has 2 N–H and O–H groups in total. The highest BCUT2D eigenvalue weighted by Crippen LogP contribution is 2.26. The first-order chi connectivity index (χ1) is 8.97. The third-order valence-corrected chi connectivity index (χ3v) is 3.52. The zero-order valence-electron chi connectivity index (χ0n) is 9.91. The Balaban J connectivity index is 2.30. The normalized spacial score (nSPS) is 10.4. The number of nitrogens with zero attached hydrogens (tertiary/aromatic N) is 1. The van der Waals surface area contributed by atoms with Crippen LogP contribution in [0.25, 0.3) is 0 Å². The number of nitro benzene ring substituents is 1. The molecule has 0 aliphatic rings. The number of nitrogens with two attached hydrogens (primary N) is 1. The Morgan fingerprint density at radius 2 is 1.63 bits per heavy atom. The van der Waals surface area contributed by atoms with Crippen LogP contribution in [0.1, 0.15) is 11.1 Å². The highest BCUT2D eigenvalue weighted by Gasteiger charge is 2.12. The predicted octanol–water partition coefficient (Wildman–Crippen LogP) is 3.35. The van der Waals surface area contributed by atoms with E-state index in [2.05, 4.69) is 25.3 Å². The second-order valence-electron chi connectivity index (χ2n) is 4.15. The van der Waals surface area contributed by atoms with E-state index in [1.165, 1.54) is 6.07 Å². The van der Waals surface area contributed by atoms with Crippen molar-refractivity contribution in [3.8, 4) is 0 Å². The predicted molar refractivity (Wildman–Crippen MR) is 81.3 cm³/mol. The molecule has 2 aromatic rings. The summed E-state index contributed by atoms with van der Waals surface area (Å²) in [6, 6.07) is 10.5. The molecule has 19 heavy (non-hydrogen) atoms. The van der Waals surface area contributed by atoms with Gasteiger partial charge in [0.1, 0.15) is 0 Å². The van der Waals surface area contributed by atoms with Gasteiger partial charge in [-0.1, -0.05) is 12.1 Å². The highest BCUT2D eigenvalue weighted by atomic mass is 32.1. The van der Waals surface area contributed by atoms with Gasteiger partial charge < -0.3 is 5.73 Å². The summed E-state index contributed by atoms with van der Waals surface area (Å²) < 4.78 is 0. The van der Waals surface area contributed by atoms with Crippen molar-refractivity contribution in [1.82, 2.24) is 0 Å². The number of thiol groups is 2. The fourth-order valence-electron chi connectivity index (χ4n) is 1.77. The van der Waals surface area contributed by atoms with Crippen LogP contribution in [0.5, 0.6) is 0 Å². The molecule has 0 bridgehead atoms. The van der Waals surface area contributed by atoms with Crippen LogP contribution in [-0.2, 0) is 6.42 Å². The highest BCUT2D eigenvalue weighted by molar-refractivity contribution is 7.80. The molecular weight excluding hydrogens is 280 g/mol. The average Bonchev–Trinajstić information content (AvgIpc) is 2.36. The number of anilines is 1. The molecule has 4 nitrogen and oxygen atoms in total. The fourth-order valence-corrected chi connectivity index (χ4v) is 2.13. The van der Waals surface area contributed by atoms with Gasteiger partial charge in [0.05, 0.1) is 9.82 Å². The molecule has 0 fully saturated rings. The Morgan fingerprint density at radius 3 is 2.21 bits per heavy atom. The standard InChI is InChI=1S/C13H12N2O2S2/c14-10-6-8(1-3-12(10)18)5-9-2-4-13(19)11(7-9)15(16)17/h1-4,6-7,18-19H,5,14H2. The SMILES string of the molecule is Nc1cc(Cc2ccc(S)c([N+](=O)[O-])c2)ccc1S. The topological polar surface area (TPSA) is 69.2 Å². The van der Waals surface area contributed by atoms with Gasteiger partial charge in [-0.15, -0.1) is 25.3 Å². The molecular formula is C13H12N2O2S2. The average molecular weight is 292 g/mol. The third-order valence-electron chi connectivity index (χ3n) is 2.74. The monoisotopic (exact) mass is 292 g/mol. The van der Waals surface area contributed by atoms with Crippen LogP contribution in [0.15, 0.2) is 46.2 Å². The van der Waals surface area contributed by atoms with E-state index in [1.54, 1.807) is 6.07 Å². The lowest BCUT2D eigenvalue weighted by molar-refractivity contribution is -0.387. The van der Waals surface area contributed by atoms with Crippen molar-refractivity contribution in [3.63, 3.8) is 0 Å².